The zero-order valence-corrected chi connectivity index (χ0v) is 7.32. The van der Waals surface area contributed by atoms with Crippen LogP contribution in [-0.2, 0) is 0 Å². The number of hydrogen-bond acceptors (Lipinski definition) is 0. The van der Waals surface area contributed by atoms with Crippen molar-refractivity contribution in [3.05, 3.63) is 0 Å². The van der Waals surface area contributed by atoms with Crippen LogP contribution >= 0.6 is 7.55 Å². The van der Waals surface area contributed by atoms with Crippen LogP contribution in [0.3, 0.4) is 0 Å². The van der Waals surface area contributed by atoms with E-state index in [1.165, 1.54) is 25.7 Å². The highest BCUT2D eigenvalue weighted by Crippen LogP contribution is 2.32. The van der Waals surface area contributed by atoms with E-state index < -0.39 is 0 Å². The molecule has 0 amide bonds. The highest BCUT2D eigenvalue weighted by atomic mass is 31.1. The van der Waals surface area contributed by atoms with E-state index in [2.05, 4.69) is 12.7 Å². The first-order chi connectivity index (χ1) is 4.43. The largest absolute Gasteiger partial charge is 0.122 e. The van der Waals surface area contributed by atoms with Crippen LogP contribution in [0.4, 0.5) is 0 Å². The lowest BCUT2D eigenvalue weighted by atomic mass is 10.4. The summed E-state index contributed by atoms with van der Waals surface area (Å²) in [5, 5.41) is 0. The highest BCUT2D eigenvalue weighted by molar-refractivity contribution is 7.57. The monoisotopic (exact) mass is 144 g/mol. The summed E-state index contributed by atoms with van der Waals surface area (Å²) in [6.07, 6.45) is 8.93. The molecule has 0 N–H and O–H groups in total. The summed E-state index contributed by atoms with van der Waals surface area (Å²) >= 11 is 0. The van der Waals surface area contributed by atoms with Crippen molar-refractivity contribution in [2.45, 2.75) is 32.6 Å². The minimum Gasteiger partial charge on any atom is -0.122 e. The quantitative estimate of drug-likeness (QED) is 0.522. The molecule has 1 aliphatic rings. The fraction of sp³-hybridized carbons (Fsp3) is 0.875. The van der Waals surface area contributed by atoms with Gasteiger partial charge in [0.2, 0.25) is 0 Å². The van der Waals surface area contributed by atoms with E-state index in [9.17, 15) is 0 Å². The number of rotatable bonds is 2. The number of hydrogen-bond donors (Lipinski definition) is 0. The molecule has 0 bridgehead atoms. The first-order valence-electron chi connectivity index (χ1n) is 4.11. The predicted molar refractivity (Wildman–Crippen MR) is 48.3 cm³/mol. The second-order valence-corrected chi connectivity index (χ2v) is 5.58. The third-order valence-corrected chi connectivity index (χ3v) is 4.83. The maximum atomic E-state index is 2.62. The maximum Gasteiger partial charge on any atom is -0.0351 e. The molecule has 1 fully saturated rings. The molecule has 1 aliphatic heterocycles. The zero-order chi connectivity index (χ0) is 6.53. The molecule has 0 spiro atoms. The summed E-state index contributed by atoms with van der Waals surface area (Å²) in [7, 11) is 0.100. The van der Waals surface area contributed by atoms with Crippen molar-refractivity contribution in [1.82, 2.24) is 0 Å². The molecule has 1 heteroatoms. The van der Waals surface area contributed by atoms with Crippen LogP contribution in [0, 0.1) is 0 Å². The predicted octanol–water partition coefficient (Wildman–Crippen LogP) is 2.60. The Morgan fingerprint density at radius 3 is 2.56 bits per heavy atom. The Kier molecular flexibility index (Phi) is 3.43. The van der Waals surface area contributed by atoms with Gasteiger partial charge in [-0.2, -0.15) is 0 Å². The molecule has 0 aromatic heterocycles. The highest BCUT2D eigenvalue weighted by Gasteiger charge is 2.02. The molecule has 1 rings (SSSR count). The van der Waals surface area contributed by atoms with E-state index in [4.69, 9.17) is 0 Å². The Labute approximate surface area is 59.0 Å². The topological polar surface area (TPSA) is 0 Å². The van der Waals surface area contributed by atoms with Crippen LogP contribution < -0.4 is 0 Å². The molecule has 0 nitrogen and oxygen atoms in total. The van der Waals surface area contributed by atoms with Crippen LogP contribution in [0.15, 0.2) is 0 Å². The zero-order valence-electron chi connectivity index (χ0n) is 6.32. The van der Waals surface area contributed by atoms with Crippen LogP contribution in [0.5, 0.6) is 0 Å². The lowest BCUT2D eigenvalue weighted by Gasteiger charge is -1.93. The van der Waals surface area contributed by atoms with Crippen LogP contribution in [0.1, 0.15) is 32.6 Å². The van der Waals surface area contributed by atoms with Crippen molar-refractivity contribution < 1.29 is 0 Å². The smallest absolute Gasteiger partial charge is 0.0351 e. The molecule has 0 saturated carbocycles. The minimum absolute atomic E-state index is 0.100. The molecule has 1 heterocycles. The molecule has 0 aliphatic carbocycles. The van der Waals surface area contributed by atoms with Crippen LogP contribution in [0.2, 0.25) is 0 Å². The van der Waals surface area contributed by atoms with E-state index in [0.29, 0.717) is 0 Å². The molecular weight excluding hydrogens is 127 g/mol. The van der Waals surface area contributed by atoms with Crippen molar-refractivity contribution in [2.24, 2.45) is 0 Å². The van der Waals surface area contributed by atoms with Crippen LogP contribution in [-0.4, -0.2) is 18.1 Å². The van der Waals surface area contributed by atoms with E-state index in [-0.39, 0.29) is 7.55 Å². The normalized spacial score (nSPS) is 20.6. The summed E-state index contributed by atoms with van der Waals surface area (Å²) in [6.45, 7) is 2.27. The Morgan fingerprint density at radius 2 is 2.00 bits per heavy atom. The molecule has 0 unspecified atom stereocenters. The Bertz CT molecular complexity index is 97.1. The summed E-state index contributed by atoms with van der Waals surface area (Å²) in [5.74, 6) is 2.62. The first kappa shape index (κ1) is 7.41. The molecule has 0 aromatic carbocycles. The van der Waals surface area contributed by atoms with Gasteiger partial charge in [-0.05, 0) is 31.6 Å². The second-order valence-electron chi connectivity index (χ2n) is 2.86. The fourth-order valence-corrected chi connectivity index (χ4v) is 4.15. The first-order valence-corrected chi connectivity index (χ1v) is 6.10. The third-order valence-electron chi connectivity index (χ3n) is 1.97. The lowest BCUT2D eigenvalue weighted by molar-refractivity contribution is 0.949. The van der Waals surface area contributed by atoms with Crippen molar-refractivity contribution in [1.29, 1.82) is 0 Å². The van der Waals surface area contributed by atoms with E-state index >= 15 is 0 Å². The molecule has 54 valence electrons. The maximum absolute atomic E-state index is 2.62. The van der Waals surface area contributed by atoms with Gasteiger partial charge in [-0.3, -0.25) is 0 Å². The van der Waals surface area contributed by atoms with Gasteiger partial charge < -0.3 is 0 Å². The minimum atomic E-state index is 0.100. The average Bonchev–Trinajstić information content (AvgIpc) is 2.34. The van der Waals surface area contributed by atoms with Gasteiger partial charge in [0.25, 0.3) is 0 Å². The molecule has 9 heavy (non-hydrogen) atoms. The van der Waals surface area contributed by atoms with Gasteiger partial charge >= 0.3 is 0 Å². The Morgan fingerprint density at radius 1 is 1.33 bits per heavy atom. The fourth-order valence-electron chi connectivity index (χ4n) is 1.38. The average molecular weight is 144 g/mol. The van der Waals surface area contributed by atoms with Crippen LogP contribution in [0.25, 0.3) is 0 Å². The van der Waals surface area contributed by atoms with Gasteiger partial charge in [-0.15, -0.1) is 7.55 Å². The van der Waals surface area contributed by atoms with Gasteiger partial charge in [-0.25, -0.2) is 0 Å². The summed E-state index contributed by atoms with van der Waals surface area (Å²) < 4.78 is 0. The lowest BCUT2D eigenvalue weighted by Crippen LogP contribution is -1.73. The molecular formula is C8H17P. The third kappa shape index (κ3) is 2.58. The molecule has 0 atom stereocenters. The van der Waals surface area contributed by atoms with Gasteiger partial charge in [0, 0.05) is 0 Å². The Balaban J connectivity index is 2.22. The van der Waals surface area contributed by atoms with E-state index in [1.807, 2.05) is 0 Å². The summed E-state index contributed by atoms with van der Waals surface area (Å²) in [6, 6.07) is 0. The summed E-state index contributed by atoms with van der Waals surface area (Å²) in [4.78, 5) is 0. The van der Waals surface area contributed by atoms with Crippen molar-refractivity contribution in [3.63, 3.8) is 0 Å². The standard InChI is InChI=1S/C8H17P/c1-2-3-6-9-7-4-5-8-9/h6,9H,2-5,7-8H2,1H3. The molecule has 0 aromatic rings. The van der Waals surface area contributed by atoms with Gasteiger partial charge in [0.05, 0.1) is 0 Å². The second kappa shape index (κ2) is 4.17. The Hall–Kier alpha value is 0.300. The van der Waals surface area contributed by atoms with Crippen molar-refractivity contribution in [3.8, 4) is 0 Å². The SMILES string of the molecule is CCCC=[PH]1CCCC1. The summed E-state index contributed by atoms with van der Waals surface area (Å²) in [5.41, 5.74) is 0. The van der Waals surface area contributed by atoms with Gasteiger partial charge in [0.1, 0.15) is 0 Å². The van der Waals surface area contributed by atoms with Crippen molar-refractivity contribution >= 4 is 13.3 Å². The van der Waals surface area contributed by atoms with Gasteiger partial charge in [0.15, 0.2) is 0 Å². The van der Waals surface area contributed by atoms with Gasteiger partial charge in [-0.1, -0.05) is 19.1 Å². The van der Waals surface area contributed by atoms with Crippen molar-refractivity contribution in [2.75, 3.05) is 12.3 Å². The molecule has 0 radical (unpaired) electrons. The number of unbranched alkanes of at least 4 members (excludes halogenated alkanes) is 1. The van der Waals surface area contributed by atoms with E-state index in [1.54, 1.807) is 12.3 Å². The molecule has 1 saturated heterocycles. The van der Waals surface area contributed by atoms with E-state index in [0.717, 1.165) is 0 Å².